The van der Waals surface area contributed by atoms with Crippen LogP contribution in [0.25, 0.3) is 10.2 Å². The summed E-state index contributed by atoms with van der Waals surface area (Å²) in [5.41, 5.74) is 1.57. The van der Waals surface area contributed by atoms with E-state index in [4.69, 9.17) is 9.26 Å². The van der Waals surface area contributed by atoms with E-state index in [-0.39, 0.29) is 11.9 Å². The minimum atomic E-state index is -0.0793. The van der Waals surface area contributed by atoms with E-state index in [2.05, 4.69) is 20.4 Å². The minimum absolute atomic E-state index is 0.0793. The lowest BCUT2D eigenvalue weighted by Crippen LogP contribution is -2.26. The highest BCUT2D eigenvalue weighted by atomic mass is 32.1. The van der Waals surface area contributed by atoms with Crippen molar-refractivity contribution in [2.45, 2.75) is 26.4 Å². The van der Waals surface area contributed by atoms with Crippen molar-refractivity contribution in [2.75, 3.05) is 26.1 Å². The number of carbonyl (C=O) groups is 1. The summed E-state index contributed by atoms with van der Waals surface area (Å²) in [5.74, 6) is 0.635. The second-order valence-corrected chi connectivity index (χ2v) is 7.11. The monoisotopic (exact) mass is 375 g/mol. The van der Waals surface area contributed by atoms with Crippen molar-refractivity contribution >= 4 is 33.3 Å². The molecule has 3 heterocycles. The van der Waals surface area contributed by atoms with E-state index in [9.17, 15) is 4.79 Å². The summed E-state index contributed by atoms with van der Waals surface area (Å²) in [6, 6.07) is 1.83. The number of ether oxygens (including phenoxy) is 1. The zero-order valence-electron chi connectivity index (χ0n) is 15.1. The van der Waals surface area contributed by atoms with Crippen LogP contribution in [-0.2, 0) is 11.3 Å². The van der Waals surface area contributed by atoms with Gasteiger partial charge in [-0.1, -0.05) is 5.16 Å². The number of carbonyl (C=O) groups excluding carboxylic acids is 1. The molecule has 0 saturated carbocycles. The maximum absolute atomic E-state index is 12.9. The Morgan fingerprint density at radius 2 is 2.27 bits per heavy atom. The summed E-state index contributed by atoms with van der Waals surface area (Å²) in [6.45, 7) is 4.87. The van der Waals surface area contributed by atoms with Gasteiger partial charge in [0.05, 0.1) is 23.4 Å². The second kappa shape index (κ2) is 7.79. The average molecular weight is 375 g/mol. The number of nitrogens with one attached hydrogen (secondary N) is 1. The summed E-state index contributed by atoms with van der Waals surface area (Å²) in [6.07, 6.45) is 3.00. The molecule has 1 unspecified atom stereocenters. The first kappa shape index (κ1) is 18.3. The first-order valence-corrected chi connectivity index (χ1v) is 8.97. The topological polar surface area (TPSA) is 93.4 Å². The van der Waals surface area contributed by atoms with E-state index in [1.807, 2.05) is 13.8 Å². The third-order valence-electron chi connectivity index (χ3n) is 3.96. The number of hydrogen-bond acceptors (Lipinski definition) is 8. The van der Waals surface area contributed by atoms with Crippen molar-refractivity contribution in [1.82, 2.24) is 20.0 Å². The number of fused-ring (bicyclic) bond motifs is 1. The summed E-state index contributed by atoms with van der Waals surface area (Å²) >= 11 is 1.37. The molecule has 0 aliphatic rings. The van der Waals surface area contributed by atoms with Gasteiger partial charge >= 0.3 is 0 Å². The number of hydrogen-bond donors (Lipinski definition) is 1. The number of aromatic nitrogens is 3. The lowest BCUT2D eigenvalue weighted by atomic mass is 10.2. The van der Waals surface area contributed by atoms with Gasteiger partial charge in [-0.2, -0.15) is 0 Å². The molecule has 3 rings (SSSR count). The molecule has 0 radical (unpaired) electrons. The minimum Gasteiger partial charge on any atom is -0.383 e. The Labute approximate surface area is 155 Å². The van der Waals surface area contributed by atoms with Crippen LogP contribution in [-0.4, -0.2) is 52.7 Å². The van der Waals surface area contributed by atoms with Crippen molar-refractivity contribution in [3.63, 3.8) is 0 Å². The van der Waals surface area contributed by atoms with Gasteiger partial charge in [0.25, 0.3) is 5.91 Å². The maximum Gasteiger partial charge on any atom is 0.264 e. The molecular weight excluding hydrogens is 354 g/mol. The largest absolute Gasteiger partial charge is 0.383 e. The van der Waals surface area contributed by atoms with Crippen molar-refractivity contribution in [3.8, 4) is 0 Å². The van der Waals surface area contributed by atoms with Crippen LogP contribution in [0.2, 0.25) is 0 Å². The molecule has 0 aliphatic heterocycles. The summed E-state index contributed by atoms with van der Waals surface area (Å²) in [4.78, 5) is 24.6. The van der Waals surface area contributed by atoms with Gasteiger partial charge < -0.3 is 19.5 Å². The van der Waals surface area contributed by atoms with Gasteiger partial charge in [-0.3, -0.25) is 4.79 Å². The molecule has 1 atom stereocenters. The second-order valence-electron chi connectivity index (χ2n) is 6.11. The van der Waals surface area contributed by atoms with Crippen LogP contribution in [0.3, 0.4) is 0 Å². The fraction of sp³-hybridized carbons (Fsp3) is 0.412. The molecular formula is C17H21N5O3S. The van der Waals surface area contributed by atoms with Crippen molar-refractivity contribution in [3.05, 3.63) is 34.8 Å². The van der Waals surface area contributed by atoms with Crippen LogP contribution in [0.15, 0.2) is 23.2 Å². The third kappa shape index (κ3) is 3.68. The number of methoxy groups -OCH3 is 1. The highest BCUT2D eigenvalue weighted by Gasteiger charge is 2.22. The predicted octanol–water partition coefficient (Wildman–Crippen LogP) is 2.71. The van der Waals surface area contributed by atoms with Crippen molar-refractivity contribution in [1.29, 1.82) is 0 Å². The molecule has 0 aliphatic carbocycles. The first-order chi connectivity index (χ1) is 12.5. The van der Waals surface area contributed by atoms with Crippen LogP contribution in [0.5, 0.6) is 0 Å². The number of nitrogens with zero attached hydrogens (tertiary/aromatic N) is 4. The van der Waals surface area contributed by atoms with E-state index in [1.165, 1.54) is 23.9 Å². The Hall–Kier alpha value is -2.52. The Kier molecular flexibility index (Phi) is 5.48. The first-order valence-electron chi connectivity index (χ1n) is 8.15. The predicted molar refractivity (Wildman–Crippen MR) is 99.4 cm³/mol. The van der Waals surface area contributed by atoms with E-state index >= 15 is 0 Å². The fourth-order valence-corrected chi connectivity index (χ4v) is 3.86. The van der Waals surface area contributed by atoms with Crippen LogP contribution < -0.4 is 5.32 Å². The van der Waals surface area contributed by atoms with Gasteiger partial charge in [0.15, 0.2) is 0 Å². The van der Waals surface area contributed by atoms with Gasteiger partial charge in [-0.05, 0) is 19.4 Å². The summed E-state index contributed by atoms with van der Waals surface area (Å²) in [5, 5.41) is 8.05. The molecule has 8 nitrogen and oxygen atoms in total. The molecule has 0 bridgehead atoms. The van der Waals surface area contributed by atoms with E-state index < -0.39 is 0 Å². The molecule has 0 fully saturated rings. The molecule has 3 aromatic heterocycles. The quantitative estimate of drug-likeness (QED) is 0.678. The van der Waals surface area contributed by atoms with Crippen LogP contribution in [0.4, 0.5) is 5.82 Å². The lowest BCUT2D eigenvalue weighted by molar-refractivity contribution is 0.0786. The Morgan fingerprint density at radius 1 is 1.46 bits per heavy atom. The molecule has 26 heavy (non-hydrogen) atoms. The fourth-order valence-electron chi connectivity index (χ4n) is 2.72. The molecule has 9 heteroatoms. The molecule has 3 aromatic rings. The van der Waals surface area contributed by atoms with Gasteiger partial charge in [0.1, 0.15) is 28.9 Å². The van der Waals surface area contributed by atoms with E-state index in [0.29, 0.717) is 29.5 Å². The zero-order chi connectivity index (χ0) is 18.7. The standard InChI is InChI=1S/C17H21N5O3S/c1-10(8-24-4)20-15-13-11(2)14(26-16(13)19-9-18-15)17(23)22(3)7-12-5-6-25-21-12/h5-6,9-10H,7-8H2,1-4H3,(H,18,19,20). The van der Waals surface area contributed by atoms with Crippen LogP contribution in [0, 0.1) is 6.92 Å². The summed E-state index contributed by atoms with van der Waals surface area (Å²) in [7, 11) is 3.40. The van der Waals surface area contributed by atoms with Gasteiger partial charge in [-0.15, -0.1) is 11.3 Å². The van der Waals surface area contributed by atoms with Crippen molar-refractivity contribution < 1.29 is 14.1 Å². The third-order valence-corrected chi connectivity index (χ3v) is 5.15. The van der Waals surface area contributed by atoms with Crippen LogP contribution in [0.1, 0.15) is 27.9 Å². The van der Waals surface area contributed by atoms with E-state index in [1.54, 1.807) is 25.1 Å². The molecule has 138 valence electrons. The number of thiophene rings is 1. The Balaban J connectivity index is 1.90. The highest BCUT2D eigenvalue weighted by Crippen LogP contribution is 2.34. The number of aryl methyl sites for hydroxylation is 1. The SMILES string of the molecule is COCC(C)Nc1ncnc2sc(C(=O)N(C)Cc3ccon3)c(C)c12. The van der Waals surface area contributed by atoms with Gasteiger partial charge in [-0.25, -0.2) is 9.97 Å². The molecule has 0 aromatic carbocycles. The number of amides is 1. The molecule has 0 saturated heterocycles. The smallest absolute Gasteiger partial charge is 0.264 e. The number of rotatable bonds is 7. The summed E-state index contributed by atoms with van der Waals surface area (Å²) < 4.78 is 9.99. The number of anilines is 1. The maximum atomic E-state index is 12.9. The van der Waals surface area contributed by atoms with E-state index in [0.717, 1.165) is 15.8 Å². The average Bonchev–Trinajstić information content (AvgIpc) is 3.23. The Morgan fingerprint density at radius 3 is 2.96 bits per heavy atom. The lowest BCUT2D eigenvalue weighted by Gasteiger charge is -2.15. The van der Waals surface area contributed by atoms with Gasteiger partial charge in [0, 0.05) is 26.3 Å². The van der Waals surface area contributed by atoms with Crippen LogP contribution >= 0.6 is 11.3 Å². The molecule has 0 spiro atoms. The van der Waals surface area contributed by atoms with Crippen molar-refractivity contribution in [2.24, 2.45) is 0 Å². The molecule has 1 amide bonds. The highest BCUT2D eigenvalue weighted by molar-refractivity contribution is 7.20. The zero-order valence-corrected chi connectivity index (χ0v) is 16.0. The normalized spacial score (nSPS) is 12.3. The Bertz CT molecular complexity index is 893. The molecule has 1 N–H and O–H groups in total. The van der Waals surface area contributed by atoms with Gasteiger partial charge in [0.2, 0.25) is 0 Å².